The number of amides is 1. The van der Waals surface area contributed by atoms with E-state index < -0.39 is 0 Å². The number of carbonyl (C=O) groups is 1. The molecular formula is C21H17Cl2N5O2. The van der Waals surface area contributed by atoms with Crippen LogP contribution >= 0.6 is 23.2 Å². The van der Waals surface area contributed by atoms with E-state index in [9.17, 15) is 4.79 Å². The maximum Gasteiger partial charge on any atom is 0.276 e. The van der Waals surface area contributed by atoms with E-state index in [-0.39, 0.29) is 18.3 Å². The standard InChI is InChI=1S/C21H17Cl2N5O2/c22-16-4-2-6-19(10-16)30-14-27-8-7-20(26-27)21(29)25-18-5-1-3-15(9-18)12-28-13-17(23)11-24-28/h1-11,13H,12,14H2,(H,25,29). The van der Waals surface area contributed by atoms with Gasteiger partial charge in [0.2, 0.25) is 0 Å². The summed E-state index contributed by atoms with van der Waals surface area (Å²) in [5, 5.41) is 12.4. The molecule has 1 amide bonds. The molecule has 0 aliphatic carbocycles. The summed E-state index contributed by atoms with van der Waals surface area (Å²) in [6.07, 6.45) is 5.00. The highest BCUT2D eigenvalue weighted by molar-refractivity contribution is 6.30. The lowest BCUT2D eigenvalue weighted by molar-refractivity contribution is 0.102. The molecule has 0 unspecified atom stereocenters. The lowest BCUT2D eigenvalue weighted by atomic mass is 10.2. The quantitative estimate of drug-likeness (QED) is 0.450. The van der Waals surface area contributed by atoms with Crippen LogP contribution in [0.1, 0.15) is 16.1 Å². The van der Waals surface area contributed by atoms with Crippen molar-refractivity contribution in [1.82, 2.24) is 19.6 Å². The molecule has 7 nitrogen and oxygen atoms in total. The van der Waals surface area contributed by atoms with Gasteiger partial charge < -0.3 is 10.1 Å². The van der Waals surface area contributed by atoms with Gasteiger partial charge in [-0.15, -0.1) is 0 Å². The van der Waals surface area contributed by atoms with Gasteiger partial charge in [-0.25, -0.2) is 4.68 Å². The first-order chi connectivity index (χ1) is 14.5. The summed E-state index contributed by atoms with van der Waals surface area (Å²) in [4.78, 5) is 12.5. The molecule has 2 aromatic carbocycles. The fraction of sp³-hybridized carbons (Fsp3) is 0.0952. The molecule has 0 saturated carbocycles. The number of benzene rings is 2. The van der Waals surface area contributed by atoms with Crippen molar-refractivity contribution in [2.45, 2.75) is 13.3 Å². The second-order valence-corrected chi connectivity index (χ2v) is 7.35. The molecule has 0 aliphatic rings. The zero-order valence-electron chi connectivity index (χ0n) is 15.7. The molecule has 4 aromatic rings. The van der Waals surface area contributed by atoms with Gasteiger partial charge in [0, 0.05) is 23.1 Å². The number of nitrogens with zero attached hydrogens (tertiary/aromatic N) is 4. The van der Waals surface area contributed by atoms with Gasteiger partial charge >= 0.3 is 0 Å². The van der Waals surface area contributed by atoms with E-state index in [1.54, 1.807) is 53.6 Å². The molecular weight excluding hydrogens is 425 g/mol. The van der Waals surface area contributed by atoms with Crippen LogP contribution in [0.5, 0.6) is 5.75 Å². The van der Waals surface area contributed by atoms with E-state index in [4.69, 9.17) is 27.9 Å². The third kappa shape index (κ3) is 5.20. The molecule has 1 N–H and O–H groups in total. The molecule has 0 saturated heterocycles. The Morgan fingerprint density at radius 3 is 2.70 bits per heavy atom. The van der Waals surface area contributed by atoms with Gasteiger partial charge in [-0.2, -0.15) is 10.2 Å². The van der Waals surface area contributed by atoms with Gasteiger partial charge in [0.15, 0.2) is 12.4 Å². The molecule has 0 aliphatic heterocycles. The third-order valence-corrected chi connectivity index (χ3v) is 4.59. The molecule has 30 heavy (non-hydrogen) atoms. The van der Waals surface area contributed by atoms with Crippen LogP contribution in [0, 0.1) is 0 Å². The second-order valence-electron chi connectivity index (χ2n) is 6.48. The van der Waals surface area contributed by atoms with Gasteiger partial charge in [0.1, 0.15) is 5.75 Å². The molecule has 0 radical (unpaired) electrons. The molecule has 0 spiro atoms. The Hall–Kier alpha value is -3.29. The number of aromatic nitrogens is 4. The van der Waals surface area contributed by atoms with Crippen LogP contribution in [0.25, 0.3) is 0 Å². The van der Waals surface area contributed by atoms with Gasteiger partial charge in [-0.05, 0) is 42.0 Å². The van der Waals surface area contributed by atoms with Crippen LogP contribution in [0.3, 0.4) is 0 Å². The van der Waals surface area contributed by atoms with Crippen LogP contribution in [0.15, 0.2) is 73.2 Å². The number of ether oxygens (including phenoxy) is 1. The van der Waals surface area contributed by atoms with Crippen molar-refractivity contribution in [3.63, 3.8) is 0 Å². The summed E-state index contributed by atoms with van der Waals surface area (Å²) >= 11 is 11.8. The van der Waals surface area contributed by atoms with Gasteiger partial charge in [-0.1, -0.05) is 41.4 Å². The van der Waals surface area contributed by atoms with Gasteiger partial charge in [0.05, 0.1) is 17.8 Å². The van der Waals surface area contributed by atoms with Crippen molar-refractivity contribution in [3.05, 3.63) is 94.5 Å². The molecule has 152 valence electrons. The Bertz CT molecular complexity index is 1170. The number of carbonyl (C=O) groups excluding carboxylic acids is 1. The summed E-state index contributed by atoms with van der Waals surface area (Å²) in [6, 6.07) is 16.2. The summed E-state index contributed by atoms with van der Waals surface area (Å²) in [7, 11) is 0. The topological polar surface area (TPSA) is 74.0 Å². The molecule has 0 fully saturated rings. The minimum atomic E-state index is -0.309. The molecule has 2 aromatic heterocycles. The number of anilines is 1. The van der Waals surface area contributed by atoms with E-state index in [0.29, 0.717) is 28.0 Å². The van der Waals surface area contributed by atoms with E-state index in [1.807, 2.05) is 24.3 Å². The summed E-state index contributed by atoms with van der Waals surface area (Å²) in [5.74, 6) is 0.315. The summed E-state index contributed by atoms with van der Waals surface area (Å²) < 4.78 is 8.89. The molecule has 0 atom stereocenters. The van der Waals surface area contributed by atoms with Crippen LogP contribution in [0.2, 0.25) is 10.0 Å². The van der Waals surface area contributed by atoms with Gasteiger partial charge in [0.25, 0.3) is 5.91 Å². The second kappa shape index (κ2) is 9.02. The first-order valence-corrected chi connectivity index (χ1v) is 9.81. The number of nitrogens with one attached hydrogen (secondary N) is 1. The van der Waals surface area contributed by atoms with Crippen LogP contribution in [0.4, 0.5) is 5.69 Å². The largest absolute Gasteiger partial charge is 0.471 e. The fourth-order valence-corrected chi connectivity index (χ4v) is 3.14. The predicted molar refractivity (Wildman–Crippen MR) is 115 cm³/mol. The lowest BCUT2D eigenvalue weighted by Gasteiger charge is -2.07. The van der Waals surface area contributed by atoms with Crippen molar-refractivity contribution in [2.24, 2.45) is 0 Å². The lowest BCUT2D eigenvalue weighted by Crippen LogP contribution is -2.14. The highest BCUT2D eigenvalue weighted by atomic mass is 35.5. The molecule has 2 heterocycles. The van der Waals surface area contributed by atoms with Crippen molar-refractivity contribution in [3.8, 4) is 5.75 Å². The average molecular weight is 442 g/mol. The van der Waals surface area contributed by atoms with Crippen molar-refractivity contribution in [2.75, 3.05) is 5.32 Å². The van der Waals surface area contributed by atoms with Crippen molar-refractivity contribution < 1.29 is 9.53 Å². The van der Waals surface area contributed by atoms with E-state index >= 15 is 0 Å². The van der Waals surface area contributed by atoms with E-state index in [0.717, 1.165) is 5.56 Å². The maximum absolute atomic E-state index is 12.5. The minimum absolute atomic E-state index is 0.162. The van der Waals surface area contributed by atoms with E-state index in [1.165, 1.54) is 4.68 Å². The van der Waals surface area contributed by atoms with Gasteiger partial charge in [-0.3, -0.25) is 9.48 Å². The Kier molecular flexibility index (Phi) is 6.02. The average Bonchev–Trinajstić information content (AvgIpc) is 3.36. The smallest absolute Gasteiger partial charge is 0.276 e. The maximum atomic E-state index is 12.5. The zero-order chi connectivity index (χ0) is 20.9. The zero-order valence-corrected chi connectivity index (χ0v) is 17.2. The number of halogens is 2. The number of hydrogen-bond acceptors (Lipinski definition) is 4. The SMILES string of the molecule is O=C(Nc1cccc(Cn2cc(Cl)cn2)c1)c1ccn(COc2cccc(Cl)c2)n1. The third-order valence-electron chi connectivity index (χ3n) is 4.16. The highest BCUT2D eigenvalue weighted by Crippen LogP contribution is 2.18. The Balaban J connectivity index is 1.36. The van der Waals surface area contributed by atoms with Crippen LogP contribution in [-0.4, -0.2) is 25.5 Å². The van der Waals surface area contributed by atoms with Crippen molar-refractivity contribution >= 4 is 34.8 Å². The molecule has 4 rings (SSSR count). The number of hydrogen-bond donors (Lipinski definition) is 1. The number of rotatable bonds is 7. The fourth-order valence-electron chi connectivity index (χ4n) is 2.81. The predicted octanol–water partition coefficient (Wildman–Crippen LogP) is 4.72. The summed E-state index contributed by atoms with van der Waals surface area (Å²) in [5.41, 5.74) is 1.93. The normalized spacial score (nSPS) is 10.7. The minimum Gasteiger partial charge on any atom is -0.471 e. The monoisotopic (exact) mass is 441 g/mol. The molecule has 0 bridgehead atoms. The highest BCUT2D eigenvalue weighted by Gasteiger charge is 2.11. The summed E-state index contributed by atoms with van der Waals surface area (Å²) in [6.45, 7) is 0.710. The Morgan fingerprint density at radius 2 is 1.90 bits per heavy atom. The Morgan fingerprint density at radius 1 is 1.03 bits per heavy atom. The van der Waals surface area contributed by atoms with Crippen LogP contribution < -0.4 is 10.1 Å². The molecule has 9 heteroatoms. The van der Waals surface area contributed by atoms with E-state index in [2.05, 4.69) is 15.5 Å². The first kappa shape index (κ1) is 20.0. The van der Waals surface area contributed by atoms with Crippen molar-refractivity contribution in [1.29, 1.82) is 0 Å². The first-order valence-electron chi connectivity index (χ1n) is 9.05. The van der Waals surface area contributed by atoms with Crippen LogP contribution in [-0.2, 0) is 13.3 Å². The Labute approximate surface area is 182 Å².